The summed E-state index contributed by atoms with van der Waals surface area (Å²) in [7, 11) is 0. The lowest BCUT2D eigenvalue weighted by Gasteiger charge is -2.14. The summed E-state index contributed by atoms with van der Waals surface area (Å²) >= 11 is 0. The van der Waals surface area contributed by atoms with Gasteiger partial charge in [-0.2, -0.15) is 0 Å². The van der Waals surface area contributed by atoms with Crippen molar-refractivity contribution in [2.45, 2.75) is 25.3 Å². The molecule has 0 aromatic carbocycles. The van der Waals surface area contributed by atoms with Gasteiger partial charge in [0.25, 0.3) is 0 Å². The number of nitrogens with two attached hydrogens (primary N) is 2. The van der Waals surface area contributed by atoms with E-state index in [1.165, 1.54) is 6.33 Å². The van der Waals surface area contributed by atoms with E-state index >= 15 is 0 Å². The van der Waals surface area contributed by atoms with E-state index in [0.29, 0.717) is 25.8 Å². The summed E-state index contributed by atoms with van der Waals surface area (Å²) in [5.41, 5.74) is 11.3. The van der Waals surface area contributed by atoms with Gasteiger partial charge in [-0.3, -0.25) is 9.59 Å². The second kappa shape index (κ2) is 6.64. The number of hydrogen-bond donors (Lipinski definition) is 4. The van der Waals surface area contributed by atoms with Crippen molar-refractivity contribution < 1.29 is 9.59 Å². The summed E-state index contributed by atoms with van der Waals surface area (Å²) in [6.45, 7) is 0.440. The minimum atomic E-state index is -0.722. The van der Waals surface area contributed by atoms with Crippen molar-refractivity contribution in [3.63, 3.8) is 0 Å². The van der Waals surface area contributed by atoms with Gasteiger partial charge in [-0.1, -0.05) is 0 Å². The fraction of sp³-hybridized carbons (Fsp3) is 0.500. The lowest BCUT2D eigenvalue weighted by molar-refractivity contribution is -0.127. The van der Waals surface area contributed by atoms with E-state index in [-0.39, 0.29) is 5.91 Å². The van der Waals surface area contributed by atoms with Crippen molar-refractivity contribution >= 4 is 11.8 Å². The minimum absolute atomic E-state index is 0.223. The molecule has 0 saturated carbocycles. The van der Waals surface area contributed by atoms with Gasteiger partial charge in [0.15, 0.2) is 0 Å². The third-order valence-electron chi connectivity index (χ3n) is 2.27. The first-order valence-corrected chi connectivity index (χ1v) is 5.39. The molecule has 0 fully saturated rings. The van der Waals surface area contributed by atoms with E-state index in [0.717, 1.165) is 5.69 Å². The topological polar surface area (TPSA) is 127 Å². The third kappa shape index (κ3) is 4.64. The number of carbonyl (C=O) groups excluding carboxylic acids is 2. The van der Waals surface area contributed by atoms with E-state index in [9.17, 15) is 9.59 Å². The molecule has 1 rings (SSSR count). The van der Waals surface area contributed by atoms with Crippen LogP contribution in [0.2, 0.25) is 0 Å². The molecule has 1 heterocycles. The predicted molar refractivity (Wildman–Crippen MR) is 61.7 cm³/mol. The van der Waals surface area contributed by atoms with Gasteiger partial charge in [-0.05, 0) is 13.0 Å². The largest absolute Gasteiger partial charge is 0.368 e. The molecule has 0 spiro atoms. The van der Waals surface area contributed by atoms with Crippen LogP contribution in [0.5, 0.6) is 0 Å². The first-order chi connectivity index (χ1) is 8.13. The van der Waals surface area contributed by atoms with Crippen LogP contribution in [-0.4, -0.2) is 34.4 Å². The van der Waals surface area contributed by atoms with Gasteiger partial charge >= 0.3 is 0 Å². The summed E-state index contributed by atoms with van der Waals surface area (Å²) in [6, 6.07) is -0.722. The Labute approximate surface area is 99.0 Å². The second-order valence-electron chi connectivity index (χ2n) is 3.70. The molecule has 2 amide bonds. The van der Waals surface area contributed by atoms with Gasteiger partial charge in [0, 0.05) is 24.7 Å². The Bertz CT molecular complexity index is 363. The zero-order valence-electron chi connectivity index (χ0n) is 9.48. The average molecular weight is 239 g/mol. The normalized spacial score (nSPS) is 12.1. The molecular weight excluding hydrogens is 222 g/mol. The van der Waals surface area contributed by atoms with E-state index < -0.39 is 11.9 Å². The molecule has 1 aromatic heterocycles. The highest BCUT2D eigenvalue weighted by Crippen LogP contribution is 1.99. The number of primary amides is 1. The molecule has 0 saturated heterocycles. The highest BCUT2D eigenvalue weighted by molar-refractivity contribution is 5.86. The molecule has 0 aliphatic heterocycles. The Hall–Kier alpha value is -1.89. The number of H-pyrrole nitrogens is 1. The first kappa shape index (κ1) is 13.2. The number of imidazole rings is 1. The Morgan fingerprint density at radius 1 is 1.53 bits per heavy atom. The smallest absolute Gasteiger partial charge is 0.240 e. The average Bonchev–Trinajstić information content (AvgIpc) is 2.78. The molecule has 1 aromatic rings. The fourth-order valence-corrected chi connectivity index (χ4v) is 1.37. The van der Waals surface area contributed by atoms with Crippen LogP contribution >= 0.6 is 0 Å². The highest BCUT2D eigenvalue weighted by atomic mass is 16.2. The number of amides is 2. The van der Waals surface area contributed by atoms with Gasteiger partial charge in [0.2, 0.25) is 11.8 Å². The summed E-state index contributed by atoms with van der Waals surface area (Å²) in [4.78, 5) is 29.3. The molecule has 17 heavy (non-hydrogen) atoms. The van der Waals surface area contributed by atoms with Gasteiger partial charge in [-0.25, -0.2) is 4.98 Å². The predicted octanol–water partition coefficient (Wildman–Crippen LogP) is -1.34. The van der Waals surface area contributed by atoms with Crippen LogP contribution in [0.25, 0.3) is 0 Å². The standard InChI is InChI=1S/C10H17N5O2/c11-3-1-2-9(16)15-8(10(12)17)4-7-5-13-6-14-7/h5-6,8H,1-4,11H2,(H2,12,17)(H,13,14)(H,15,16). The van der Waals surface area contributed by atoms with Crippen molar-refractivity contribution in [1.82, 2.24) is 15.3 Å². The Balaban J connectivity index is 2.49. The third-order valence-corrected chi connectivity index (χ3v) is 2.27. The van der Waals surface area contributed by atoms with Crippen LogP contribution in [0.15, 0.2) is 12.5 Å². The minimum Gasteiger partial charge on any atom is -0.368 e. The monoisotopic (exact) mass is 239 g/mol. The molecular formula is C10H17N5O2. The van der Waals surface area contributed by atoms with Crippen LogP contribution in [0, 0.1) is 0 Å². The van der Waals surface area contributed by atoms with Crippen LogP contribution in [0.3, 0.4) is 0 Å². The van der Waals surface area contributed by atoms with Crippen molar-refractivity contribution in [2.75, 3.05) is 6.54 Å². The maximum atomic E-state index is 11.4. The molecule has 7 heteroatoms. The maximum absolute atomic E-state index is 11.4. The number of carbonyl (C=O) groups is 2. The molecule has 0 bridgehead atoms. The SMILES string of the molecule is NCCCC(=O)NC(Cc1cnc[nH]1)C(N)=O. The van der Waals surface area contributed by atoms with E-state index in [1.54, 1.807) is 6.20 Å². The summed E-state index contributed by atoms with van der Waals surface area (Å²) in [6.07, 6.45) is 4.28. The Kier molecular flexibility index (Phi) is 5.15. The molecule has 0 radical (unpaired) electrons. The van der Waals surface area contributed by atoms with E-state index in [2.05, 4.69) is 15.3 Å². The number of hydrogen-bond acceptors (Lipinski definition) is 4. The number of nitrogens with one attached hydrogen (secondary N) is 2. The Morgan fingerprint density at radius 2 is 2.29 bits per heavy atom. The van der Waals surface area contributed by atoms with Crippen molar-refractivity contribution in [2.24, 2.45) is 11.5 Å². The highest BCUT2D eigenvalue weighted by Gasteiger charge is 2.18. The van der Waals surface area contributed by atoms with Crippen molar-refractivity contribution in [3.05, 3.63) is 18.2 Å². The lowest BCUT2D eigenvalue weighted by atomic mass is 10.1. The molecule has 0 aliphatic rings. The molecule has 6 N–H and O–H groups in total. The quantitative estimate of drug-likeness (QED) is 0.469. The molecule has 94 valence electrons. The first-order valence-electron chi connectivity index (χ1n) is 5.39. The van der Waals surface area contributed by atoms with E-state index in [4.69, 9.17) is 11.5 Å². The van der Waals surface area contributed by atoms with Crippen molar-refractivity contribution in [1.29, 1.82) is 0 Å². The molecule has 7 nitrogen and oxygen atoms in total. The zero-order chi connectivity index (χ0) is 12.7. The van der Waals surface area contributed by atoms with Crippen LogP contribution in [-0.2, 0) is 16.0 Å². The van der Waals surface area contributed by atoms with Crippen LogP contribution < -0.4 is 16.8 Å². The summed E-state index contributed by atoms with van der Waals surface area (Å²) < 4.78 is 0. The maximum Gasteiger partial charge on any atom is 0.240 e. The number of aromatic nitrogens is 2. The van der Waals surface area contributed by atoms with Gasteiger partial charge in [-0.15, -0.1) is 0 Å². The Morgan fingerprint density at radius 3 is 2.82 bits per heavy atom. The van der Waals surface area contributed by atoms with Gasteiger partial charge in [0.1, 0.15) is 6.04 Å². The molecule has 1 atom stereocenters. The second-order valence-corrected chi connectivity index (χ2v) is 3.70. The fourth-order valence-electron chi connectivity index (χ4n) is 1.37. The number of rotatable bonds is 7. The van der Waals surface area contributed by atoms with Gasteiger partial charge < -0.3 is 21.8 Å². The zero-order valence-corrected chi connectivity index (χ0v) is 9.48. The molecule has 1 unspecified atom stereocenters. The molecule has 0 aliphatic carbocycles. The van der Waals surface area contributed by atoms with Crippen molar-refractivity contribution in [3.8, 4) is 0 Å². The summed E-state index contributed by atoms with van der Waals surface area (Å²) in [5, 5.41) is 2.57. The van der Waals surface area contributed by atoms with Crippen LogP contribution in [0.4, 0.5) is 0 Å². The number of aromatic amines is 1. The van der Waals surface area contributed by atoms with Crippen LogP contribution in [0.1, 0.15) is 18.5 Å². The lowest BCUT2D eigenvalue weighted by Crippen LogP contribution is -2.45. The van der Waals surface area contributed by atoms with Gasteiger partial charge in [0.05, 0.1) is 6.33 Å². The number of nitrogens with zero attached hydrogens (tertiary/aromatic N) is 1. The summed E-state index contributed by atoms with van der Waals surface area (Å²) in [5.74, 6) is -0.792. The van der Waals surface area contributed by atoms with E-state index in [1.807, 2.05) is 0 Å².